The highest BCUT2D eigenvalue weighted by Gasteiger charge is 2.05. The van der Waals surface area contributed by atoms with Crippen LogP contribution in [0.3, 0.4) is 0 Å². The zero-order valence-electron chi connectivity index (χ0n) is 11.4. The Morgan fingerprint density at radius 1 is 1.19 bits per heavy atom. The molecule has 2 heterocycles. The molecule has 0 spiro atoms. The summed E-state index contributed by atoms with van der Waals surface area (Å²) >= 11 is 7.36. The summed E-state index contributed by atoms with van der Waals surface area (Å²) in [6.07, 6.45) is 1.86. The number of hydrogen-bond donors (Lipinski definition) is 0. The van der Waals surface area contributed by atoms with Gasteiger partial charge in [-0.25, -0.2) is 9.50 Å². The molecule has 0 atom stereocenters. The minimum atomic E-state index is 0.578. The number of aryl methyl sites for hydroxylation is 1. The molecule has 0 unspecified atom stereocenters. The van der Waals surface area contributed by atoms with Crippen LogP contribution in [0, 0.1) is 6.92 Å². The van der Waals surface area contributed by atoms with Gasteiger partial charge in [0, 0.05) is 22.7 Å². The van der Waals surface area contributed by atoms with Gasteiger partial charge in [0.15, 0.2) is 0 Å². The molecule has 7 heteroatoms. The average molecular weight is 321 g/mol. The lowest BCUT2D eigenvalue weighted by atomic mass is 10.3. The molecule has 2 aromatic heterocycles. The van der Waals surface area contributed by atoms with Crippen LogP contribution in [0.25, 0.3) is 5.78 Å². The monoisotopic (exact) mass is 320 g/mol. The van der Waals surface area contributed by atoms with Crippen LogP contribution < -0.4 is 4.74 Å². The van der Waals surface area contributed by atoms with Crippen LogP contribution in [0.15, 0.2) is 41.7 Å². The van der Waals surface area contributed by atoms with Gasteiger partial charge in [-0.05, 0) is 37.3 Å². The summed E-state index contributed by atoms with van der Waals surface area (Å²) in [4.78, 5) is 8.67. The molecule has 21 heavy (non-hydrogen) atoms. The lowest BCUT2D eigenvalue weighted by Gasteiger charge is -2.04. The van der Waals surface area contributed by atoms with E-state index in [1.54, 1.807) is 16.3 Å². The Morgan fingerprint density at radius 2 is 2.00 bits per heavy atom. The summed E-state index contributed by atoms with van der Waals surface area (Å²) in [5.74, 6) is 2.19. The van der Waals surface area contributed by atoms with Crippen LogP contribution >= 0.6 is 23.4 Å². The maximum Gasteiger partial charge on any atom is 0.253 e. The number of thioether (sulfide) groups is 1. The fourth-order valence-corrected chi connectivity index (χ4v) is 2.50. The van der Waals surface area contributed by atoms with Crippen LogP contribution in [0.4, 0.5) is 0 Å². The minimum Gasteiger partial charge on any atom is -0.493 e. The summed E-state index contributed by atoms with van der Waals surface area (Å²) in [7, 11) is 0. The molecule has 0 N–H and O–H groups in total. The Morgan fingerprint density at radius 3 is 2.81 bits per heavy atom. The zero-order chi connectivity index (χ0) is 14.7. The molecule has 0 amide bonds. The van der Waals surface area contributed by atoms with Crippen molar-refractivity contribution in [2.24, 2.45) is 0 Å². The van der Waals surface area contributed by atoms with Gasteiger partial charge in [0.1, 0.15) is 5.75 Å². The second-order valence-corrected chi connectivity index (χ2v) is 5.86. The van der Waals surface area contributed by atoms with E-state index in [9.17, 15) is 0 Å². The van der Waals surface area contributed by atoms with E-state index in [1.807, 2.05) is 43.5 Å². The van der Waals surface area contributed by atoms with E-state index in [0.717, 1.165) is 17.2 Å². The van der Waals surface area contributed by atoms with E-state index in [1.165, 1.54) is 0 Å². The van der Waals surface area contributed by atoms with Crippen LogP contribution in [0.5, 0.6) is 5.75 Å². The maximum absolute atomic E-state index is 5.82. The topological polar surface area (TPSA) is 52.3 Å². The van der Waals surface area contributed by atoms with Gasteiger partial charge in [-0.3, -0.25) is 0 Å². The van der Waals surface area contributed by atoms with Crippen molar-refractivity contribution in [2.45, 2.75) is 12.1 Å². The third-order valence-electron chi connectivity index (χ3n) is 2.72. The smallest absolute Gasteiger partial charge is 0.253 e. The molecule has 3 aromatic rings. The van der Waals surface area contributed by atoms with E-state index in [4.69, 9.17) is 16.3 Å². The van der Waals surface area contributed by atoms with Crippen molar-refractivity contribution in [2.75, 3.05) is 12.4 Å². The molecule has 0 aliphatic rings. The first-order valence-corrected chi connectivity index (χ1v) is 7.78. The molecule has 3 rings (SSSR count). The number of nitrogens with zero attached hydrogens (tertiary/aromatic N) is 4. The molecule has 0 saturated carbocycles. The van der Waals surface area contributed by atoms with Crippen molar-refractivity contribution in [3.63, 3.8) is 0 Å². The number of halogens is 1. The summed E-state index contributed by atoms with van der Waals surface area (Å²) in [5, 5.41) is 5.75. The molecular formula is C14H13ClN4OS. The van der Waals surface area contributed by atoms with Crippen molar-refractivity contribution in [1.82, 2.24) is 19.6 Å². The molecular weight excluding hydrogens is 308 g/mol. The number of ether oxygens (including phenoxy) is 1. The second-order valence-electron chi connectivity index (χ2n) is 4.36. The highest BCUT2D eigenvalue weighted by molar-refractivity contribution is 7.99. The number of fused-ring (bicyclic) bond motifs is 1. The van der Waals surface area contributed by atoms with E-state index in [0.29, 0.717) is 22.6 Å². The first-order valence-electron chi connectivity index (χ1n) is 6.42. The molecule has 0 aliphatic carbocycles. The van der Waals surface area contributed by atoms with E-state index in [-0.39, 0.29) is 0 Å². The van der Waals surface area contributed by atoms with Gasteiger partial charge in [0.2, 0.25) is 5.16 Å². The van der Waals surface area contributed by atoms with Gasteiger partial charge in [-0.1, -0.05) is 23.4 Å². The van der Waals surface area contributed by atoms with Gasteiger partial charge >= 0.3 is 0 Å². The summed E-state index contributed by atoms with van der Waals surface area (Å²) in [5.41, 5.74) is 0.928. The Bertz CT molecular complexity index is 744. The van der Waals surface area contributed by atoms with Gasteiger partial charge in [-0.15, -0.1) is 5.10 Å². The van der Waals surface area contributed by atoms with Crippen LogP contribution in [-0.4, -0.2) is 31.9 Å². The van der Waals surface area contributed by atoms with E-state index >= 15 is 0 Å². The van der Waals surface area contributed by atoms with Crippen molar-refractivity contribution >= 4 is 29.1 Å². The first-order chi connectivity index (χ1) is 10.2. The Balaban J connectivity index is 1.53. The zero-order valence-corrected chi connectivity index (χ0v) is 12.9. The van der Waals surface area contributed by atoms with Crippen molar-refractivity contribution in [3.8, 4) is 5.75 Å². The van der Waals surface area contributed by atoms with Crippen molar-refractivity contribution in [1.29, 1.82) is 0 Å². The third kappa shape index (κ3) is 3.65. The highest BCUT2D eigenvalue weighted by atomic mass is 35.5. The minimum absolute atomic E-state index is 0.578. The first kappa shape index (κ1) is 14.2. The normalized spacial score (nSPS) is 11.0. The molecule has 1 aromatic carbocycles. The SMILES string of the molecule is Cc1ccn2nc(SCCOc3ccc(Cl)cc3)nc2n1. The van der Waals surface area contributed by atoms with Gasteiger partial charge in [0.25, 0.3) is 5.78 Å². The summed E-state index contributed by atoms with van der Waals surface area (Å²) in [6.45, 7) is 2.51. The molecule has 0 aliphatic heterocycles. The number of rotatable bonds is 5. The molecule has 5 nitrogen and oxygen atoms in total. The quantitative estimate of drug-likeness (QED) is 0.533. The van der Waals surface area contributed by atoms with Crippen molar-refractivity contribution in [3.05, 3.63) is 47.2 Å². The lowest BCUT2D eigenvalue weighted by Crippen LogP contribution is -2.00. The van der Waals surface area contributed by atoms with Gasteiger partial charge in [0.05, 0.1) is 6.61 Å². The molecule has 0 bridgehead atoms. The lowest BCUT2D eigenvalue weighted by molar-refractivity contribution is 0.344. The fraction of sp³-hybridized carbons (Fsp3) is 0.214. The van der Waals surface area contributed by atoms with Gasteiger partial charge < -0.3 is 4.74 Å². The predicted octanol–water partition coefficient (Wildman–Crippen LogP) is 3.26. The Kier molecular flexibility index (Phi) is 4.26. The summed E-state index contributed by atoms with van der Waals surface area (Å²) in [6, 6.07) is 9.22. The summed E-state index contributed by atoms with van der Waals surface area (Å²) < 4.78 is 7.29. The molecule has 0 fully saturated rings. The molecule has 0 radical (unpaired) electrons. The number of benzene rings is 1. The third-order valence-corrected chi connectivity index (χ3v) is 3.78. The van der Waals surface area contributed by atoms with Crippen molar-refractivity contribution < 1.29 is 4.74 Å². The Hall–Kier alpha value is -1.79. The van der Waals surface area contributed by atoms with E-state index in [2.05, 4.69) is 15.1 Å². The average Bonchev–Trinajstić information content (AvgIpc) is 2.87. The molecule has 0 saturated heterocycles. The fourth-order valence-electron chi connectivity index (χ4n) is 1.73. The van der Waals surface area contributed by atoms with Gasteiger partial charge in [-0.2, -0.15) is 4.98 Å². The number of aromatic nitrogens is 4. The van der Waals surface area contributed by atoms with E-state index < -0.39 is 0 Å². The largest absolute Gasteiger partial charge is 0.493 e. The predicted molar refractivity (Wildman–Crippen MR) is 83.2 cm³/mol. The number of hydrogen-bond acceptors (Lipinski definition) is 5. The second kappa shape index (κ2) is 6.32. The van der Waals surface area contributed by atoms with Crippen LogP contribution in [-0.2, 0) is 0 Å². The Labute approximate surface area is 131 Å². The van der Waals surface area contributed by atoms with Crippen LogP contribution in [0.1, 0.15) is 5.69 Å². The molecule has 108 valence electrons. The standard InChI is InChI=1S/C14H13ClN4OS/c1-10-6-7-19-13(16-10)17-14(18-19)21-9-8-20-12-4-2-11(15)3-5-12/h2-7H,8-9H2,1H3. The highest BCUT2D eigenvalue weighted by Crippen LogP contribution is 2.17. The van der Waals surface area contributed by atoms with Crippen LogP contribution in [0.2, 0.25) is 5.02 Å². The maximum atomic E-state index is 5.82.